The molecule has 0 unspecified atom stereocenters. The van der Waals surface area contributed by atoms with Crippen LogP contribution in [-0.4, -0.2) is 15.0 Å². The minimum Gasteiger partial charge on any atom is -0.208 e. The molecule has 0 aliphatic rings. The van der Waals surface area contributed by atoms with Gasteiger partial charge in [0.25, 0.3) is 0 Å². The fraction of sp³-hybridized carbons (Fsp3) is 0. The van der Waals surface area contributed by atoms with Crippen molar-refractivity contribution in [3.8, 4) is 56.4 Å². The molecule has 1 heterocycles. The number of nitrogens with zero attached hydrogens (tertiary/aromatic N) is 3. The normalized spacial score (nSPS) is 11.9. The van der Waals surface area contributed by atoms with Crippen LogP contribution < -0.4 is 0 Å². The lowest BCUT2D eigenvalue weighted by molar-refractivity contribution is 1.07. The molecule has 0 saturated heterocycles. The summed E-state index contributed by atoms with van der Waals surface area (Å²) in [5, 5.41) is 17.8. The van der Waals surface area contributed by atoms with Crippen molar-refractivity contribution in [2.75, 3.05) is 0 Å². The van der Waals surface area contributed by atoms with Crippen LogP contribution in [0.4, 0.5) is 0 Å². The van der Waals surface area contributed by atoms with E-state index in [9.17, 15) is 0 Å². The van der Waals surface area contributed by atoms with Crippen LogP contribution in [0.25, 0.3) is 132 Å². The summed E-state index contributed by atoms with van der Waals surface area (Å²) in [5.74, 6) is 1.92. The van der Waals surface area contributed by atoms with Crippen molar-refractivity contribution in [2.45, 2.75) is 0 Å². The molecule has 0 N–H and O–H groups in total. The Labute approximate surface area is 357 Å². The topological polar surface area (TPSA) is 38.7 Å². The number of rotatable bonds is 5. The van der Waals surface area contributed by atoms with E-state index in [-0.39, 0.29) is 0 Å². The van der Waals surface area contributed by atoms with Gasteiger partial charge in [-0.25, -0.2) is 15.0 Å². The summed E-state index contributed by atoms with van der Waals surface area (Å²) < 4.78 is 0. The number of fused-ring (bicyclic) bond motifs is 8. The quantitative estimate of drug-likeness (QED) is 0.163. The molecule has 0 aliphatic carbocycles. The summed E-state index contributed by atoms with van der Waals surface area (Å²) in [6.07, 6.45) is 0. The average molecular weight is 786 g/mol. The maximum Gasteiger partial charge on any atom is 0.164 e. The van der Waals surface area contributed by atoms with Crippen LogP contribution in [-0.2, 0) is 0 Å². The first-order valence-corrected chi connectivity index (χ1v) is 21.2. The van der Waals surface area contributed by atoms with Crippen LogP contribution in [0.15, 0.2) is 212 Å². The van der Waals surface area contributed by atoms with Crippen LogP contribution >= 0.6 is 0 Å². The maximum absolute atomic E-state index is 5.14. The highest BCUT2D eigenvalue weighted by molar-refractivity contribution is 6.33. The van der Waals surface area contributed by atoms with Gasteiger partial charge in [0.2, 0.25) is 0 Å². The van der Waals surface area contributed by atoms with Gasteiger partial charge in [-0.05, 0) is 104 Å². The zero-order valence-corrected chi connectivity index (χ0v) is 33.5. The SMILES string of the molecule is c1ccc(-c2nc(-c3ccc(-c4cc5c6ccccc6c6ccccc6c5c5ccccc45)cc3)nc(-c3ccc(-c4ccc5ccc6cccc7ccc4c5c67)cc3)n2)cc1. The molecule has 12 aromatic carbocycles. The van der Waals surface area contributed by atoms with Crippen molar-refractivity contribution in [2.24, 2.45) is 0 Å². The average Bonchev–Trinajstić information content (AvgIpc) is 3.35. The molecule has 0 aliphatic heterocycles. The van der Waals surface area contributed by atoms with Crippen molar-refractivity contribution >= 4 is 75.4 Å². The second-order valence-electron chi connectivity index (χ2n) is 16.3. The molecule has 0 saturated carbocycles. The summed E-state index contributed by atoms with van der Waals surface area (Å²) in [6, 6.07) is 76.4. The van der Waals surface area contributed by atoms with Gasteiger partial charge in [0.05, 0.1) is 0 Å². The van der Waals surface area contributed by atoms with Crippen LogP contribution in [0, 0.1) is 0 Å². The van der Waals surface area contributed by atoms with Crippen molar-refractivity contribution in [1.82, 2.24) is 15.0 Å². The third kappa shape index (κ3) is 5.35. The Bertz CT molecular complexity index is 3880. The Morgan fingerprint density at radius 2 is 0.629 bits per heavy atom. The van der Waals surface area contributed by atoms with Crippen molar-refractivity contribution in [3.63, 3.8) is 0 Å². The first kappa shape index (κ1) is 34.6. The molecular weight excluding hydrogens is 751 g/mol. The fourth-order valence-corrected chi connectivity index (χ4v) is 9.94. The fourth-order valence-electron chi connectivity index (χ4n) is 9.94. The van der Waals surface area contributed by atoms with E-state index in [1.807, 2.05) is 18.2 Å². The number of hydrogen-bond donors (Lipinski definition) is 0. The van der Waals surface area contributed by atoms with Gasteiger partial charge in [0.15, 0.2) is 17.5 Å². The Balaban J connectivity index is 0.919. The van der Waals surface area contributed by atoms with Crippen LogP contribution in [0.3, 0.4) is 0 Å². The van der Waals surface area contributed by atoms with Crippen LogP contribution in [0.2, 0.25) is 0 Å². The lowest BCUT2D eigenvalue weighted by Crippen LogP contribution is -2.00. The van der Waals surface area contributed by atoms with E-state index in [0.29, 0.717) is 17.5 Å². The molecule has 13 rings (SSSR count). The highest BCUT2D eigenvalue weighted by Crippen LogP contribution is 2.44. The van der Waals surface area contributed by atoms with Gasteiger partial charge in [-0.2, -0.15) is 0 Å². The van der Waals surface area contributed by atoms with Gasteiger partial charge in [0, 0.05) is 16.7 Å². The summed E-state index contributed by atoms with van der Waals surface area (Å²) in [7, 11) is 0. The number of aromatic nitrogens is 3. The Kier molecular flexibility index (Phi) is 7.60. The molecule has 286 valence electrons. The molecule has 0 fully saturated rings. The molecule has 0 amide bonds. The predicted octanol–water partition coefficient (Wildman–Crippen LogP) is 15.7. The number of benzene rings is 12. The molecular formula is C59H35N3. The van der Waals surface area contributed by atoms with Gasteiger partial charge in [-0.15, -0.1) is 0 Å². The van der Waals surface area contributed by atoms with Gasteiger partial charge < -0.3 is 0 Å². The van der Waals surface area contributed by atoms with Gasteiger partial charge >= 0.3 is 0 Å². The first-order valence-electron chi connectivity index (χ1n) is 21.2. The monoisotopic (exact) mass is 785 g/mol. The largest absolute Gasteiger partial charge is 0.208 e. The van der Waals surface area contributed by atoms with Gasteiger partial charge in [-0.3, -0.25) is 0 Å². The van der Waals surface area contributed by atoms with E-state index in [4.69, 9.17) is 15.0 Å². The summed E-state index contributed by atoms with van der Waals surface area (Å²) in [5.41, 5.74) is 7.52. The zero-order valence-electron chi connectivity index (χ0n) is 33.5. The smallest absolute Gasteiger partial charge is 0.164 e. The molecule has 1 aromatic heterocycles. The predicted molar refractivity (Wildman–Crippen MR) is 261 cm³/mol. The molecule has 0 spiro atoms. The molecule has 0 radical (unpaired) electrons. The Hall–Kier alpha value is -8.27. The third-order valence-electron chi connectivity index (χ3n) is 12.9. The zero-order chi connectivity index (χ0) is 40.7. The summed E-state index contributed by atoms with van der Waals surface area (Å²) in [6.45, 7) is 0. The van der Waals surface area contributed by atoms with Gasteiger partial charge in [-0.1, -0.05) is 206 Å². The Morgan fingerprint density at radius 3 is 1.24 bits per heavy atom. The molecule has 3 heteroatoms. The first-order chi connectivity index (χ1) is 30.7. The van der Waals surface area contributed by atoms with Crippen molar-refractivity contribution in [1.29, 1.82) is 0 Å². The highest BCUT2D eigenvalue weighted by atomic mass is 15.0. The van der Waals surface area contributed by atoms with E-state index >= 15 is 0 Å². The van der Waals surface area contributed by atoms with E-state index in [1.165, 1.54) is 86.5 Å². The minimum atomic E-state index is 0.636. The molecule has 3 nitrogen and oxygen atoms in total. The lowest BCUT2D eigenvalue weighted by atomic mass is 9.87. The van der Waals surface area contributed by atoms with E-state index < -0.39 is 0 Å². The minimum absolute atomic E-state index is 0.636. The number of hydrogen-bond acceptors (Lipinski definition) is 3. The van der Waals surface area contributed by atoms with E-state index in [2.05, 4.69) is 194 Å². The lowest BCUT2D eigenvalue weighted by Gasteiger charge is -2.16. The second-order valence-corrected chi connectivity index (χ2v) is 16.3. The molecule has 0 atom stereocenters. The maximum atomic E-state index is 5.14. The standard InChI is InChI=1S/C59H35N3/c1-2-11-41(12-3-1)57-60-58(42-27-21-36(22-28-42)44-33-31-40-26-25-38-13-10-14-39-32-34-51(44)55(40)54(38)39)62-59(61-57)43-29-23-37(24-30-43)52-35-53-47-17-5-4-15-45(47)46-16-6-8-19-49(46)56(53)50-20-9-7-18-48(50)52/h1-35H. The van der Waals surface area contributed by atoms with Crippen LogP contribution in [0.1, 0.15) is 0 Å². The summed E-state index contributed by atoms with van der Waals surface area (Å²) >= 11 is 0. The Morgan fingerprint density at radius 1 is 0.210 bits per heavy atom. The van der Waals surface area contributed by atoms with Gasteiger partial charge in [0.1, 0.15) is 0 Å². The van der Waals surface area contributed by atoms with Crippen LogP contribution in [0.5, 0.6) is 0 Å². The second kappa shape index (κ2) is 13.6. The molecule has 13 aromatic rings. The summed E-state index contributed by atoms with van der Waals surface area (Å²) in [4.78, 5) is 15.3. The van der Waals surface area contributed by atoms with E-state index in [1.54, 1.807) is 0 Å². The molecule has 0 bridgehead atoms. The third-order valence-corrected chi connectivity index (χ3v) is 12.9. The van der Waals surface area contributed by atoms with Crippen molar-refractivity contribution in [3.05, 3.63) is 212 Å². The highest BCUT2D eigenvalue weighted by Gasteiger charge is 2.18. The van der Waals surface area contributed by atoms with E-state index in [0.717, 1.165) is 27.8 Å². The van der Waals surface area contributed by atoms with Crippen molar-refractivity contribution < 1.29 is 0 Å². The molecule has 62 heavy (non-hydrogen) atoms.